The summed E-state index contributed by atoms with van der Waals surface area (Å²) in [4.78, 5) is 28.5. The first-order chi connectivity index (χ1) is 57.6. The van der Waals surface area contributed by atoms with E-state index in [0.29, 0.717) is 59.5 Å². The van der Waals surface area contributed by atoms with E-state index in [1.54, 1.807) is 24.8 Å². The van der Waals surface area contributed by atoms with Crippen LogP contribution in [0.25, 0.3) is 0 Å². The van der Waals surface area contributed by atoms with Crippen molar-refractivity contribution < 1.29 is 28.6 Å². The van der Waals surface area contributed by atoms with Crippen LogP contribution in [0.15, 0.2) is 211 Å². The van der Waals surface area contributed by atoms with Crippen molar-refractivity contribution in [2.45, 2.75) is 309 Å². The molecule has 9 aromatic rings. The van der Waals surface area contributed by atoms with Gasteiger partial charge in [-0.05, 0) is 265 Å². The summed E-state index contributed by atoms with van der Waals surface area (Å²) in [6.45, 7) is 65.5. The maximum Gasteiger partial charge on any atom is 0.306 e. The van der Waals surface area contributed by atoms with Gasteiger partial charge in [0.1, 0.15) is 5.75 Å². The average molecular weight is 1740 g/mol. The minimum Gasteiger partial charge on any atom is -0.469 e. The van der Waals surface area contributed by atoms with Gasteiger partial charge in [0.15, 0.2) is 5.78 Å². The van der Waals surface area contributed by atoms with Crippen molar-refractivity contribution in [1.82, 2.24) is 4.90 Å². The molecule has 0 aliphatic carbocycles. The zero-order valence-electron chi connectivity index (χ0n) is 82.6. The number of thioether (sulfide) groups is 1. The van der Waals surface area contributed by atoms with Crippen LogP contribution in [-0.4, -0.2) is 81.8 Å². The van der Waals surface area contributed by atoms with Crippen molar-refractivity contribution in [1.29, 1.82) is 0 Å². The largest absolute Gasteiger partial charge is 0.469 e. The lowest BCUT2D eigenvalue weighted by atomic mass is 9.81. The molecule has 0 saturated carbocycles. The summed E-state index contributed by atoms with van der Waals surface area (Å²) in [6.07, 6.45) is 8.16. The molecule has 1 unspecified atom stereocenters. The quantitative estimate of drug-likeness (QED) is 0.0386. The fourth-order valence-corrected chi connectivity index (χ4v) is 13.4. The van der Waals surface area contributed by atoms with Crippen LogP contribution in [0, 0.1) is 32.6 Å². The van der Waals surface area contributed by atoms with E-state index in [1.165, 1.54) is 138 Å². The lowest BCUT2D eigenvalue weighted by Crippen LogP contribution is -2.31. The van der Waals surface area contributed by atoms with Crippen molar-refractivity contribution in [2.75, 3.05) is 58.6 Å². The van der Waals surface area contributed by atoms with Gasteiger partial charge in [-0.25, -0.2) is 4.39 Å². The summed E-state index contributed by atoms with van der Waals surface area (Å²) in [5, 5.41) is 10.9. The Bertz CT molecular complexity index is 4260. The van der Waals surface area contributed by atoms with Gasteiger partial charge in [0, 0.05) is 58.0 Å². The van der Waals surface area contributed by atoms with Crippen molar-refractivity contribution in [3.63, 3.8) is 0 Å². The molecular weight excluding hydrogens is 1580 g/mol. The van der Waals surface area contributed by atoms with Crippen molar-refractivity contribution in [3.05, 3.63) is 300 Å². The molecule has 0 aromatic heterocycles. The van der Waals surface area contributed by atoms with Crippen LogP contribution < -0.4 is 9.64 Å². The van der Waals surface area contributed by atoms with E-state index < -0.39 is 6.36 Å². The summed E-state index contributed by atoms with van der Waals surface area (Å²) in [6, 6.07) is 70.9. The molecule has 7 nitrogen and oxygen atoms in total. The molecule has 1 aliphatic heterocycles. The number of alkyl halides is 1. The summed E-state index contributed by atoms with van der Waals surface area (Å²) in [7, 11) is 5.55. The molecule has 1 heterocycles. The molecule has 9 aromatic carbocycles. The molecule has 0 spiro atoms. The number of likely N-dealkylation sites (tertiary alicyclic amines) is 1. The summed E-state index contributed by atoms with van der Waals surface area (Å²) in [5.41, 5.74) is 19.9. The summed E-state index contributed by atoms with van der Waals surface area (Å²) < 4.78 is 22.2. The number of hydrogen-bond acceptors (Lipinski definition) is 8. The first-order valence-corrected chi connectivity index (χ1v) is 47.2. The van der Waals surface area contributed by atoms with E-state index in [-0.39, 0.29) is 29.2 Å². The maximum atomic E-state index is 12.5. The van der Waals surface area contributed by atoms with Crippen LogP contribution in [-0.2, 0) is 26.8 Å². The van der Waals surface area contributed by atoms with Crippen molar-refractivity contribution >= 4 is 52.4 Å². The molecule has 1 saturated heterocycles. The minimum atomic E-state index is -1.25. The van der Waals surface area contributed by atoms with Crippen LogP contribution in [0.1, 0.15) is 348 Å². The molecule has 10 rings (SSSR count). The van der Waals surface area contributed by atoms with E-state index >= 15 is 0 Å². The van der Waals surface area contributed by atoms with E-state index in [0.717, 1.165) is 44.1 Å². The third-order valence-electron chi connectivity index (χ3n) is 21.4. The number of aliphatic hydroxyl groups is 1. The Morgan fingerprint density at radius 3 is 1.24 bits per heavy atom. The molecule has 1 atom stereocenters. The third kappa shape index (κ3) is 48.1. The summed E-state index contributed by atoms with van der Waals surface area (Å²) >= 11 is 13.6. The van der Waals surface area contributed by atoms with Crippen LogP contribution >= 0.6 is 35.0 Å². The first-order valence-electron chi connectivity index (χ1n) is 45.2. The molecule has 1 aliphatic rings. The number of carbonyl (C=O) groups excluding carboxylic acids is 2. The van der Waals surface area contributed by atoms with Gasteiger partial charge < -0.3 is 24.4 Å². The smallest absolute Gasteiger partial charge is 0.306 e. The molecule has 0 radical (unpaired) electrons. The highest BCUT2D eigenvalue weighted by Gasteiger charge is 2.25. The monoisotopic (exact) mass is 1740 g/mol. The minimum absolute atomic E-state index is 0.129. The number of ether oxygens (including phenoxy) is 2. The molecule has 1 N–H and O–H groups in total. The standard InChI is InChI=1S/C15H22O2.C13H20O.C11H15FO.C11H17N.C11H14O.C11H16.2C10H13Cl.C10H21N.C10H14S/c1-11(2)12-6-8-13(9-7-12)15(3,4)10-14(16)17-5;1-10(2)11-5-7-12(8-6-11)13(3,4)9-14;1-8(2)10-5-4-6-11(7-10)13-9(3)12;1-9(2)10-5-7-11(8-6-10)12(3)4;1-8(2)10-5-4-6-11(7-10)9(3)12;1-9(2)7-11-6-4-5-10(3)8-11;2*1-7(2)9-4-5-10(11)8(3)6-9;1-10(2)6-9-11-7-4-3-5-8-11;1-8(2)9-5-4-6-10(7-9)11-3/h6-9,11H,10H2,1-5H3;5-8,10,14H,9H2,1-4H3;4-9H,1-3H3;5-9H,1-4H3;4-8H,1-3H3;4-6,8-9H,7H2,1-3H3;2*4-7H,1-3H3;10H,3-9H2,1-2H3;4-8H,1-3H3. The van der Waals surface area contributed by atoms with E-state index in [9.17, 15) is 19.1 Å². The average Bonchev–Trinajstić information content (AvgIpc) is 0.826. The molecule has 680 valence electrons. The Labute approximate surface area is 765 Å². The number of Topliss-reactive ketones (excluding diaryl/α,β-unsaturated/α-hetero) is 1. The van der Waals surface area contributed by atoms with Gasteiger partial charge in [0.2, 0.25) is 6.36 Å². The molecule has 11 heteroatoms. The first kappa shape index (κ1) is 114. The topological polar surface area (TPSA) is 79.3 Å². The number of rotatable bonds is 23. The number of hydrogen-bond donors (Lipinski definition) is 1. The van der Waals surface area contributed by atoms with Crippen LogP contribution in [0.4, 0.5) is 10.1 Å². The van der Waals surface area contributed by atoms with E-state index in [4.69, 9.17) is 32.7 Å². The van der Waals surface area contributed by atoms with Crippen molar-refractivity contribution in [3.8, 4) is 5.75 Å². The second kappa shape index (κ2) is 60.2. The van der Waals surface area contributed by atoms with Gasteiger partial charge in [0.05, 0.1) is 20.1 Å². The number of ketones is 1. The lowest BCUT2D eigenvalue weighted by Gasteiger charge is -2.26. The summed E-state index contributed by atoms with van der Waals surface area (Å²) in [5.74, 6) is 6.69. The number of carbonyl (C=O) groups is 2. The van der Waals surface area contributed by atoms with Crippen LogP contribution in [0.5, 0.6) is 5.75 Å². The third-order valence-corrected chi connectivity index (χ3v) is 23.0. The van der Waals surface area contributed by atoms with E-state index in [2.05, 4.69) is 355 Å². The molecule has 0 bridgehead atoms. The number of aryl methyl sites for hydroxylation is 3. The Balaban J connectivity index is 0.000000685. The number of nitrogens with zero attached hydrogens (tertiary/aromatic N) is 2. The highest BCUT2D eigenvalue weighted by Crippen LogP contribution is 2.31. The molecule has 123 heavy (non-hydrogen) atoms. The zero-order chi connectivity index (χ0) is 93.4. The molecule has 0 amide bonds. The van der Waals surface area contributed by atoms with Crippen LogP contribution in [0.2, 0.25) is 10.0 Å². The van der Waals surface area contributed by atoms with Gasteiger partial charge in [-0.2, -0.15) is 0 Å². The number of esters is 1. The van der Waals surface area contributed by atoms with Gasteiger partial charge in [-0.1, -0.05) is 353 Å². The Kier molecular flexibility index (Phi) is 55.6. The van der Waals surface area contributed by atoms with E-state index in [1.807, 2.05) is 62.4 Å². The number of methoxy groups -OCH3 is 1. The van der Waals surface area contributed by atoms with Gasteiger partial charge in [-0.15, -0.1) is 11.8 Å². The van der Waals surface area contributed by atoms with Gasteiger partial charge in [-0.3, -0.25) is 9.59 Å². The zero-order valence-corrected chi connectivity index (χ0v) is 84.9. The maximum absolute atomic E-state index is 12.5. The predicted molar refractivity (Wildman–Crippen MR) is 540 cm³/mol. The predicted octanol–water partition coefficient (Wildman–Crippen LogP) is 32.9. The second-order valence-electron chi connectivity index (χ2n) is 37.5. The number of anilines is 1. The Hall–Kier alpha value is -7.50. The van der Waals surface area contributed by atoms with Crippen LogP contribution in [0.3, 0.4) is 0 Å². The number of halogens is 3. The van der Waals surface area contributed by atoms with Crippen molar-refractivity contribution in [2.24, 2.45) is 11.8 Å². The lowest BCUT2D eigenvalue weighted by molar-refractivity contribution is -0.141. The fourth-order valence-electron chi connectivity index (χ4n) is 12.7. The number of benzene rings is 9. The van der Waals surface area contributed by atoms with Gasteiger partial charge >= 0.3 is 5.97 Å². The molecule has 1 fully saturated rings. The SMILES string of the molecule is CC(=O)c1cccc(C(C)C)c1.CC(C)CCN1CCCCC1.CC(C)c1ccc(C(C)(C)CO)cc1.CC(C)c1ccc(N(C)C)cc1.CC(F)Oc1cccc(C(C)C)c1.COC(=O)CC(C)(C)c1ccc(C(C)C)cc1.CSc1cccc(C(C)C)c1.Cc1cc(C(C)C)ccc1Cl.Cc1cc(C(C)C)ccc1Cl.Cc1cccc(CC(C)C)c1. The molecular formula is C112H165Cl2FN2O5S. The van der Waals surface area contributed by atoms with Gasteiger partial charge in [0.25, 0.3) is 0 Å². The number of piperidine rings is 1. The normalized spacial score (nSPS) is 12.1. The Morgan fingerprint density at radius 1 is 0.472 bits per heavy atom. The fraction of sp³-hybridized carbons (Fsp3) is 0.500. The highest BCUT2D eigenvalue weighted by molar-refractivity contribution is 7.98. The highest BCUT2D eigenvalue weighted by atomic mass is 35.5. The second-order valence-corrected chi connectivity index (χ2v) is 39.2. The number of aliphatic hydroxyl groups excluding tert-OH is 1. The Morgan fingerprint density at radius 2 is 0.862 bits per heavy atom.